The fourth-order valence-corrected chi connectivity index (χ4v) is 2.24. The predicted molar refractivity (Wildman–Crippen MR) is 82.9 cm³/mol. The van der Waals surface area contributed by atoms with Crippen LogP contribution in [-0.2, 0) is 0 Å². The second-order valence-electron chi connectivity index (χ2n) is 4.02. The molecule has 2 rings (SSSR count). The molecule has 0 spiro atoms. The zero-order chi connectivity index (χ0) is 14.7. The van der Waals surface area contributed by atoms with E-state index in [1.54, 1.807) is 24.3 Å². The Morgan fingerprint density at radius 3 is 2.35 bits per heavy atom. The SMILES string of the molecule is O=C(/C=C\c1ccc(Cl)cc1Cl)c1cc(Cl)ccc1O. The van der Waals surface area contributed by atoms with Gasteiger partial charge in [0.2, 0.25) is 0 Å². The van der Waals surface area contributed by atoms with Crippen molar-refractivity contribution in [3.63, 3.8) is 0 Å². The number of hydrogen-bond donors (Lipinski definition) is 1. The average molecular weight is 328 g/mol. The molecule has 2 nitrogen and oxygen atoms in total. The molecule has 20 heavy (non-hydrogen) atoms. The normalized spacial score (nSPS) is 10.9. The van der Waals surface area contributed by atoms with Crippen LogP contribution < -0.4 is 0 Å². The molecular weight excluding hydrogens is 319 g/mol. The molecule has 0 aliphatic carbocycles. The molecule has 0 amide bonds. The van der Waals surface area contributed by atoms with Crippen molar-refractivity contribution in [3.8, 4) is 5.75 Å². The zero-order valence-corrected chi connectivity index (χ0v) is 12.4. The number of phenolic OH excluding ortho intramolecular Hbond substituents is 1. The Labute approximate surface area is 131 Å². The van der Waals surface area contributed by atoms with Crippen LogP contribution in [0.25, 0.3) is 6.08 Å². The number of halogens is 3. The molecule has 0 unspecified atom stereocenters. The lowest BCUT2D eigenvalue weighted by molar-refractivity contribution is 0.104. The number of allylic oxidation sites excluding steroid dienone is 1. The quantitative estimate of drug-likeness (QED) is 0.617. The summed E-state index contributed by atoms with van der Waals surface area (Å²) < 4.78 is 0. The number of phenols is 1. The van der Waals surface area contributed by atoms with E-state index in [9.17, 15) is 9.90 Å². The first-order chi connectivity index (χ1) is 9.47. The highest BCUT2D eigenvalue weighted by molar-refractivity contribution is 6.35. The van der Waals surface area contributed by atoms with Crippen molar-refractivity contribution in [1.29, 1.82) is 0 Å². The van der Waals surface area contributed by atoms with Gasteiger partial charge in [0.05, 0.1) is 5.56 Å². The summed E-state index contributed by atoms with van der Waals surface area (Å²) in [6.07, 6.45) is 2.88. The summed E-state index contributed by atoms with van der Waals surface area (Å²) in [7, 11) is 0. The third kappa shape index (κ3) is 3.54. The molecule has 0 saturated carbocycles. The molecule has 0 aliphatic heterocycles. The highest BCUT2D eigenvalue weighted by Gasteiger charge is 2.09. The molecule has 1 N–H and O–H groups in total. The molecule has 0 radical (unpaired) electrons. The Kier molecular flexibility index (Phi) is 4.71. The van der Waals surface area contributed by atoms with E-state index in [2.05, 4.69) is 0 Å². The molecule has 5 heteroatoms. The summed E-state index contributed by atoms with van der Waals surface area (Å²) in [4.78, 5) is 12.0. The Morgan fingerprint density at radius 2 is 1.65 bits per heavy atom. The van der Waals surface area contributed by atoms with Crippen molar-refractivity contribution < 1.29 is 9.90 Å². The highest BCUT2D eigenvalue weighted by atomic mass is 35.5. The molecular formula is C15H9Cl3O2. The minimum atomic E-state index is -0.365. The molecule has 0 heterocycles. The predicted octanol–water partition coefficient (Wildman–Crippen LogP) is 5.25. The van der Waals surface area contributed by atoms with Gasteiger partial charge < -0.3 is 5.11 Å². The molecule has 2 aromatic rings. The van der Waals surface area contributed by atoms with Gasteiger partial charge in [0, 0.05) is 15.1 Å². The van der Waals surface area contributed by atoms with Gasteiger partial charge in [-0.2, -0.15) is 0 Å². The standard InChI is InChI=1S/C15H9Cl3O2/c16-10-4-6-15(20)12(7-10)14(19)5-2-9-1-3-11(17)8-13(9)18/h1-8,20H/b5-2-. The number of ketones is 1. The van der Waals surface area contributed by atoms with E-state index in [1.807, 2.05) is 0 Å². The topological polar surface area (TPSA) is 37.3 Å². The molecule has 2 aromatic carbocycles. The van der Waals surface area contributed by atoms with Crippen LogP contribution in [0, 0.1) is 0 Å². The molecule has 0 bridgehead atoms. The van der Waals surface area contributed by atoms with Crippen LogP contribution in [0.15, 0.2) is 42.5 Å². The Bertz CT molecular complexity index is 694. The maximum Gasteiger partial charge on any atom is 0.189 e. The van der Waals surface area contributed by atoms with Crippen LogP contribution in [0.4, 0.5) is 0 Å². The van der Waals surface area contributed by atoms with Crippen molar-refractivity contribution in [2.75, 3.05) is 0 Å². The molecule has 0 saturated heterocycles. The van der Waals surface area contributed by atoms with Gasteiger partial charge in [0.25, 0.3) is 0 Å². The van der Waals surface area contributed by atoms with Crippen molar-refractivity contribution in [2.45, 2.75) is 0 Å². The van der Waals surface area contributed by atoms with Gasteiger partial charge in [-0.1, -0.05) is 40.9 Å². The highest BCUT2D eigenvalue weighted by Crippen LogP contribution is 2.24. The fourth-order valence-electron chi connectivity index (χ4n) is 1.60. The Balaban J connectivity index is 2.27. The largest absolute Gasteiger partial charge is 0.507 e. The number of hydrogen-bond acceptors (Lipinski definition) is 2. The summed E-state index contributed by atoms with van der Waals surface area (Å²) in [6, 6.07) is 9.25. The lowest BCUT2D eigenvalue weighted by Crippen LogP contribution is -1.94. The summed E-state index contributed by atoms with van der Waals surface area (Å²) >= 11 is 17.6. The van der Waals surface area contributed by atoms with E-state index in [-0.39, 0.29) is 17.1 Å². The van der Waals surface area contributed by atoms with Crippen LogP contribution >= 0.6 is 34.8 Å². The number of rotatable bonds is 3. The monoisotopic (exact) mass is 326 g/mol. The van der Waals surface area contributed by atoms with Gasteiger partial charge in [-0.05, 0) is 48.0 Å². The lowest BCUT2D eigenvalue weighted by atomic mass is 10.1. The minimum Gasteiger partial charge on any atom is -0.507 e. The van der Waals surface area contributed by atoms with E-state index in [0.717, 1.165) is 0 Å². The van der Waals surface area contributed by atoms with Gasteiger partial charge >= 0.3 is 0 Å². The van der Waals surface area contributed by atoms with Gasteiger partial charge in [-0.15, -0.1) is 0 Å². The Morgan fingerprint density at radius 1 is 1.00 bits per heavy atom. The molecule has 0 aliphatic rings. The smallest absolute Gasteiger partial charge is 0.189 e. The first-order valence-corrected chi connectivity index (χ1v) is 6.77. The van der Waals surface area contributed by atoms with Gasteiger partial charge in [-0.3, -0.25) is 4.79 Å². The minimum absolute atomic E-state index is 0.119. The first-order valence-electron chi connectivity index (χ1n) is 5.63. The number of aromatic hydroxyl groups is 1. The second kappa shape index (κ2) is 6.31. The summed E-state index contributed by atoms with van der Waals surface area (Å²) in [5.41, 5.74) is 0.796. The zero-order valence-electron chi connectivity index (χ0n) is 10.1. The maximum atomic E-state index is 12.0. The van der Waals surface area contributed by atoms with Crippen molar-refractivity contribution in [1.82, 2.24) is 0 Å². The van der Waals surface area contributed by atoms with E-state index in [4.69, 9.17) is 34.8 Å². The van der Waals surface area contributed by atoms with Crippen molar-refractivity contribution in [3.05, 3.63) is 68.7 Å². The van der Waals surface area contributed by atoms with E-state index in [1.165, 1.54) is 24.3 Å². The van der Waals surface area contributed by atoms with Gasteiger partial charge in [0.1, 0.15) is 5.75 Å². The number of carbonyl (C=O) groups is 1. The maximum absolute atomic E-state index is 12.0. The van der Waals surface area contributed by atoms with Crippen molar-refractivity contribution >= 4 is 46.7 Å². The van der Waals surface area contributed by atoms with Crippen molar-refractivity contribution in [2.24, 2.45) is 0 Å². The van der Waals surface area contributed by atoms with Gasteiger partial charge in [0.15, 0.2) is 5.78 Å². The summed E-state index contributed by atoms with van der Waals surface area (Å²) in [5.74, 6) is -0.484. The van der Waals surface area contributed by atoms with Crippen LogP contribution in [0.1, 0.15) is 15.9 Å². The fraction of sp³-hybridized carbons (Fsp3) is 0. The number of carbonyl (C=O) groups excluding carboxylic acids is 1. The molecule has 102 valence electrons. The summed E-state index contributed by atoms with van der Waals surface area (Å²) in [5, 5.41) is 11.0. The van der Waals surface area contributed by atoms with Crippen LogP contribution in [0.2, 0.25) is 15.1 Å². The van der Waals surface area contributed by atoms with E-state index >= 15 is 0 Å². The lowest BCUT2D eigenvalue weighted by Gasteiger charge is -2.01. The van der Waals surface area contributed by atoms with E-state index < -0.39 is 0 Å². The summed E-state index contributed by atoms with van der Waals surface area (Å²) in [6.45, 7) is 0. The molecule has 0 fully saturated rings. The third-order valence-corrected chi connectivity index (χ3v) is 3.40. The second-order valence-corrected chi connectivity index (χ2v) is 5.30. The Hall–Kier alpha value is -1.48. The van der Waals surface area contributed by atoms with E-state index in [0.29, 0.717) is 20.6 Å². The third-order valence-electron chi connectivity index (χ3n) is 2.60. The van der Waals surface area contributed by atoms with Gasteiger partial charge in [-0.25, -0.2) is 0 Å². The van der Waals surface area contributed by atoms with Crippen LogP contribution in [-0.4, -0.2) is 10.9 Å². The van der Waals surface area contributed by atoms with Crippen LogP contribution in [0.5, 0.6) is 5.75 Å². The molecule has 0 atom stereocenters. The number of benzene rings is 2. The average Bonchev–Trinajstić information content (AvgIpc) is 2.40. The van der Waals surface area contributed by atoms with Crippen LogP contribution in [0.3, 0.4) is 0 Å². The molecule has 0 aromatic heterocycles. The first kappa shape index (κ1) is 14.9.